The number of rotatable bonds is 5. The highest BCUT2D eigenvalue weighted by atomic mass is 19.1. The van der Waals surface area contributed by atoms with Crippen molar-refractivity contribution in [2.45, 2.75) is 0 Å². The second kappa shape index (κ2) is 9.05. The zero-order valence-corrected chi connectivity index (χ0v) is 16.5. The van der Waals surface area contributed by atoms with Crippen molar-refractivity contribution in [3.05, 3.63) is 126 Å². The van der Waals surface area contributed by atoms with Crippen molar-refractivity contribution < 1.29 is 14.0 Å². The van der Waals surface area contributed by atoms with Crippen molar-refractivity contribution in [1.29, 1.82) is 0 Å². The van der Waals surface area contributed by atoms with Crippen LogP contribution in [-0.4, -0.2) is 11.8 Å². The lowest BCUT2D eigenvalue weighted by Gasteiger charge is -2.23. The van der Waals surface area contributed by atoms with Gasteiger partial charge in [0.15, 0.2) is 0 Å². The van der Waals surface area contributed by atoms with E-state index < -0.39 is 5.82 Å². The van der Waals surface area contributed by atoms with Gasteiger partial charge in [0.2, 0.25) is 0 Å². The molecule has 0 fully saturated rings. The van der Waals surface area contributed by atoms with Crippen LogP contribution in [0.4, 0.5) is 21.5 Å². The normalized spacial score (nSPS) is 10.4. The molecule has 1 N–H and O–H groups in total. The average Bonchev–Trinajstić information content (AvgIpc) is 2.81. The summed E-state index contributed by atoms with van der Waals surface area (Å²) in [6.07, 6.45) is 0. The number of hydrogen-bond acceptors (Lipinski definition) is 2. The van der Waals surface area contributed by atoms with E-state index in [0.717, 1.165) is 11.4 Å². The quantitative estimate of drug-likeness (QED) is 0.435. The highest BCUT2D eigenvalue weighted by Gasteiger charge is 2.19. The molecular formula is C26H19FN2O2. The predicted octanol–water partition coefficient (Wildman–Crippen LogP) is 6.06. The lowest BCUT2D eigenvalue weighted by molar-refractivity contribution is 0.0997. The summed E-state index contributed by atoms with van der Waals surface area (Å²) in [5.74, 6) is -0.941. The number of amides is 2. The summed E-state index contributed by atoms with van der Waals surface area (Å²) in [4.78, 5) is 27.3. The average molecular weight is 410 g/mol. The van der Waals surface area contributed by atoms with Gasteiger partial charge in [0.05, 0.1) is 0 Å². The van der Waals surface area contributed by atoms with Gasteiger partial charge in [0.25, 0.3) is 11.8 Å². The minimum atomic E-state index is -0.402. The summed E-state index contributed by atoms with van der Waals surface area (Å²) >= 11 is 0. The minimum Gasteiger partial charge on any atom is -0.322 e. The van der Waals surface area contributed by atoms with Crippen LogP contribution in [0.1, 0.15) is 20.7 Å². The summed E-state index contributed by atoms with van der Waals surface area (Å²) in [6, 6.07) is 30.8. The van der Waals surface area contributed by atoms with Gasteiger partial charge in [-0.1, -0.05) is 36.4 Å². The number of hydrogen-bond donors (Lipinski definition) is 1. The van der Waals surface area contributed by atoms with Gasteiger partial charge in [-0.2, -0.15) is 0 Å². The monoisotopic (exact) mass is 410 g/mol. The molecule has 4 aromatic rings. The SMILES string of the molecule is O=C(Nc1ccc(C(=O)N(c2ccccc2)c2ccccc2)cc1)c1ccc(F)cc1. The van der Waals surface area contributed by atoms with E-state index in [1.165, 1.54) is 24.3 Å². The van der Waals surface area contributed by atoms with Gasteiger partial charge in [-0.05, 0) is 72.8 Å². The van der Waals surface area contributed by atoms with Gasteiger partial charge in [0, 0.05) is 28.2 Å². The van der Waals surface area contributed by atoms with E-state index in [1.54, 1.807) is 29.2 Å². The van der Waals surface area contributed by atoms with Crippen LogP contribution in [0.25, 0.3) is 0 Å². The lowest BCUT2D eigenvalue weighted by atomic mass is 10.1. The topological polar surface area (TPSA) is 49.4 Å². The number of para-hydroxylation sites is 2. The molecule has 0 radical (unpaired) electrons. The molecule has 31 heavy (non-hydrogen) atoms. The maximum absolute atomic E-state index is 13.3. The van der Waals surface area contributed by atoms with Crippen LogP contribution in [0.5, 0.6) is 0 Å². The van der Waals surface area contributed by atoms with Crippen molar-refractivity contribution in [2.75, 3.05) is 10.2 Å². The molecule has 0 atom stereocenters. The largest absolute Gasteiger partial charge is 0.322 e. The Hall–Kier alpha value is -4.25. The molecule has 2 amide bonds. The lowest BCUT2D eigenvalue weighted by Crippen LogP contribution is -2.25. The fraction of sp³-hybridized carbons (Fsp3) is 0. The van der Waals surface area contributed by atoms with E-state index in [-0.39, 0.29) is 11.8 Å². The van der Waals surface area contributed by atoms with Crippen LogP contribution in [0, 0.1) is 5.82 Å². The Morgan fingerprint density at radius 1 is 0.613 bits per heavy atom. The fourth-order valence-electron chi connectivity index (χ4n) is 3.17. The number of carbonyl (C=O) groups excluding carboxylic acids is 2. The first kappa shape index (κ1) is 20.0. The Morgan fingerprint density at radius 2 is 1.10 bits per heavy atom. The van der Waals surface area contributed by atoms with E-state index in [0.29, 0.717) is 16.8 Å². The molecule has 0 aliphatic carbocycles. The van der Waals surface area contributed by atoms with Crippen LogP contribution >= 0.6 is 0 Å². The maximum Gasteiger partial charge on any atom is 0.262 e. The predicted molar refractivity (Wildman–Crippen MR) is 120 cm³/mol. The summed E-state index contributed by atoms with van der Waals surface area (Å²) < 4.78 is 13.0. The van der Waals surface area contributed by atoms with Crippen molar-refractivity contribution in [3.8, 4) is 0 Å². The number of nitrogens with one attached hydrogen (secondary N) is 1. The summed E-state index contributed by atoms with van der Waals surface area (Å²) in [5, 5.41) is 2.75. The highest BCUT2D eigenvalue weighted by molar-refractivity contribution is 6.11. The van der Waals surface area contributed by atoms with Crippen molar-refractivity contribution in [1.82, 2.24) is 0 Å². The van der Waals surface area contributed by atoms with Crippen LogP contribution in [-0.2, 0) is 0 Å². The number of anilines is 3. The Balaban J connectivity index is 1.56. The van der Waals surface area contributed by atoms with Gasteiger partial charge < -0.3 is 5.32 Å². The second-order valence-electron chi connectivity index (χ2n) is 6.85. The molecule has 4 aromatic carbocycles. The van der Waals surface area contributed by atoms with Crippen LogP contribution in [0.2, 0.25) is 0 Å². The van der Waals surface area contributed by atoms with Crippen LogP contribution in [0.3, 0.4) is 0 Å². The van der Waals surface area contributed by atoms with Gasteiger partial charge in [-0.25, -0.2) is 4.39 Å². The van der Waals surface area contributed by atoms with Crippen molar-refractivity contribution in [2.24, 2.45) is 0 Å². The molecule has 0 saturated heterocycles. The molecule has 0 unspecified atom stereocenters. The van der Waals surface area contributed by atoms with Crippen LogP contribution in [0.15, 0.2) is 109 Å². The summed E-state index contributed by atoms with van der Waals surface area (Å²) in [6.45, 7) is 0. The number of benzene rings is 4. The molecule has 0 aliphatic rings. The number of carbonyl (C=O) groups is 2. The Morgan fingerprint density at radius 3 is 1.61 bits per heavy atom. The first-order valence-electron chi connectivity index (χ1n) is 9.73. The van der Waals surface area contributed by atoms with Gasteiger partial charge in [0.1, 0.15) is 5.82 Å². The van der Waals surface area contributed by atoms with Gasteiger partial charge in [-0.3, -0.25) is 14.5 Å². The second-order valence-corrected chi connectivity index (χ2v) is 6.85. The molecule has 0 aliphatic heterocycles. The Bertz CT molecular complexity index is 1140. The molecule has 0 spiro atoms. The third-order valence-corrected chi connectivity index (χ3v) is 4.73. The summed E-state index contributed by atoms with van der Waals surface area (Å²) in [7, 11) is 0. The van der Waals surface area contributed by atoms with E-state index in [1.807, 2.05) is 60.7 Å². The van der Waals surface area contributed by atoms with Gasteiger partial charge >= 0.3 is 0 Å². The smallest absolute Gasteiger partial charge is 0.262 e. The third kappa shape index (κ3) is 4.67. The molecule has 5 heteroatoms. The first-order chi connectivity index (χ1) is 15.1. The zero-order chi connectivity index (χ0) is 21.6. The van der Waals surface area contributed by atoms with Gasteiger partial charge in [-0.15, -0.1) is 0 Å². The molecule has 0 bridgehead atoms. The Labute approximate surface area is 179 Å². The molecule has 4 nitrogen and oxygen atoms in total. The fourth-order valence-corrected chi connectivity index (χ4v) is 3.17. The van der Waals surface area contributed by atoms with Crippen molar-refractivity contribution in [3.63, 3.8) is 0 Å². The molecule has 0 aromatic heterocycles. The maximum atomic E-state index is 13.3. The summed E-state index contributed by atoms with van der Waals surface area (Å²) in [5.41, 5.74) is 2.88. The molecule has 0 saturated carbocycles. The number of nitrogens with zero attached hydrogens (tertiary/aromatic N) is 1. The number of halogens is 1. The third-order valence-electron chi connectivity index (χ3n) is 4.73. The molecule has 4 rings (SSSR count). The minimum absolute atomic E-state index is 0.186. The van der Waals surface area contributed by atoms with Crippen LogP contribution < -0.4 is 10.2 Å². The zero-order valence-electron chi connectivity index (χ0n) is 16.5. The van der Waals surface area contributed by atoms with Crippen molar-refractivity contribution >= 4 is 28.9 Å². The standard InChI is InChI=1S/C26H19FN2O2/c27-21-15-11-19(12-16-21)25(30)28-22-17-13-20(14-18-22)26(31)29(23-7-3-1-4-8-23)24-9-5-2-6-10-24/h1-18H,(H,28,30). The molecule has 0 heterocycles. The van der Waals surface area contributed by atoms with E-state index in [4.69, 9.17) is 0 Å². The first-order valence-corrected chi connectivity index (χ1v) is 9.73. The van der Waals surface area contributed by atoms with E-state index >= 15 is 0 Å². The Kier molecular flexibility index (Phi) is 5.85. The molecule has 152 valence electrons. The van der Waals surface area contributed by atoms with E-state index in [2.05, 4.69) is 5.32 Å². The highest BCUT2D eigenvalue weighted by Crippen LogP contribution is 2.27. The van der Waals surface area contributed by atoms with E-state index in [9.17, 15) is 14.0 Å². The molecular weight excluding hydrogens is 391 g/mol.